The number of carbonyl (C=O) groups excluding carboxylic acids is 2. The Morgan fingerprint density at radius 1 is 1.24 bits per heavy atom. The number of ketones is 1. The number of likely N-dealkylation sites (tertiary alicyclic amines) is 1. The third kappa shape index (κ3) is 4.86. The molecule has 4 nitrogen and oxygen atoms in total. The van der Waals surface area contributed by atoms with Gasteiger partial charge >= 0.3 is 0 Å². The molecule has 1 rings (SSSR count). The summed E-state index contributed by atoms with van der Waals surface area (Å²) >= 11 is 0. The van der Waals surface area contributed by atoms with Crippen LogP contribution in [0.2, 0.25) is 0 Å². The molecule has 0 radical (unpaired) electrons. The van der Waals surface area contributed by atoms with Gasteiger partial charge in [0.15, 0.2) is 0 Å². The van der Waals surface area contributed by atoms with E-state index in [1.165, 1.54) is 19.3 Å². The Labute approximate surface area is 104 Å². The van der Waals surface area contributed by atoms with Crippen LogP contribution in [0.1, 0.15) is 46.5 Å². The van der Waals surface area contributed by atoms with Crippen LogP contribution >= 0.6 is 0 Å². The summed E-state index contributed by atoms with van der Waals surface area (Å²) in [6.45, 7) is 6.82. The summed E-state index contributed by atoms with van der Waals surface area (Å²) in [6, 6.07) is 0.967. The molecule has 98 valence electrons. The van der Waals surface area contributed by atoms with E-state index < -0.39 is 0 Å². The highest BCUT2D eigenvalue weighted by Crippen LogP contribution is 2.21. The van der Waals surface area contributed by atoms with Crippen LogP contribution in [0.4, 0.5) is 0 Å². The minimum absolute atomic E-state index is 0.0341. The van der Waals surface area contributed by atoms with E-state index in [1.54, 1.807) is 6.92 Å². The lowest BCUT2D eigenvalue weighted by molar-refractivity contribution is -0.124. The fraction of sp³-hybridized carbons (Fsp3) is 0.846. The molecule has 0 bridgehead atoms. The zero-order chi connectivity index (χ0) is 12.8. The van der Waals surface area contributed by atoms with E-state index in [0.717, 1.165) is 0 Å². The Bertz CT molecular complexity index is 269. The van der Waals surface area contributed by atoms with Gasteiger partial charge in [-0.2, -0.15) is 0 Å². The molecule has 1 saturated heterocycles. The van der Waals surface area contributed by atoms with Gasteiger partial charge in [-0.15, -0.1) is 0 Å². The molecule has 0 spiro atoms. The van der Waals surface area contributed by atoms with Crippen LogP contribution in [0, 0.1) is 0 Å². The molecule has 2 unspecified atom stereocenters. The lowest BCUT2D eigenvalue weighted by Gasteiger charge is -2.38. The van der Waals surface area contributed by atoms with Gasteiger partial charge in [-0.3, -0.25) is 14.5 Å². The zero-order valence-corrected chi connectivity index (χ0v) is 11.2. The molecule has 0 aromatic carbocycles. The minimum atomic E-state index is 0.0341. The summed E-state index contributed by atoms with van der Waals surface area (Å²) in [7, 11) is 0. The quantitative estimate of drug-likeness (QED) is 0.789. The van der Waals surface area contributed by atoms with E-state index in [-0.39, 0.29) is 11.7 Å². The fourth-order valence-corrected chi connectivity index (χ4v) is 2.39. The monoisotopic (exact) mass is 240 g/mol. The second kappa shape index (κ2) is 6.74. The van der Waals surface area contributed by atoms with Crippen LogP contribution in [0.25, 0.3) is 0 Å². The predicted octanol–water partition coefficient (Wildman–Crippen LogP) is 1.34. The Morgan fingerprint density at radius 3 is 2.35 bits per heavy atom. The lowest BCUT2D eigenvalue weighted by atomic mass is 9.97. The van der Waals surface area contributed by atoms with Crippen LogP contribution in [0.15, 0.2) is 0 Å². The molecule has 1 aliphatic heterocycles. The van der Waals surface area contributed by atoms with Crippen molar-refractivity contribution in [2.45, 2.75) is 58.5 Å². The van der Waals surface area contributed by atoms with E-state index in [4.69, 9.17) is 0 Å². The van der Waals surface area contributed by atoms with Crippen molar-refractivity contribution >= 4 is 11.7 Å². The Balaban J connectivity index is 2.31. The highest BCUT2D eigenvalue weighted by atomic mass is 16.2. The number of piperidine rings is 1. The fourth-order valence-electron chi connectivity index (χ4n) is 2.39. The summed E-state index contributed by atoms with van der Waals surface area (Å²) in [5, 5.41) is 2.80. The van der Waals surface area contributed by atoms with Gasteiger partial charge in [0.25, 0.3) is 0 Å². The third-order valence-corrected chi connectivity index (χ3v) is 3.50. The summed E-state index contributed by atoms with van der Waals surface area (Å²) < 4.78 is 0. The molecule has 0 aliphatic carbocycles. The number of carbonyl (C=O) groups is 2. The van der Waals surface area contributed by atoms with Crippen LogP contribution < -0.4 is 5.32 Å². The highest BCUT2D eigenvalue weighted by molar-refractivity contribution is 5.80. The Morgan fingerprint density at radius 2 is 1.82 bits per heavy atom. The first-order valence-corrected chi connectivity index (χ1v) is 6.52. The maximum absolute atomic E-state index is 11.7. The van der Waals surface area contributed by atoms with Crippen LogP contribution in [0.5, 0.6) is 0 Å². The smallest absolute Gasteiger partial charge is 0.234 e. The maximum atomic E-state index is 11.7. The van der Waals surface area contributed by atoms with Crippen molar-refractivity contribution in [2.75, 3.05) is 13.1 Å². The van der Waals surface area contributed by atoms with E-state index in [0.29, 0.717) is 31.6 Å². The SMILES string of the molecule is CC(=O)CCNC(=O)CN1C(C)CCCC1C. The van der Waals surface area contributed by atoms with Crippen molar-refractivity contribution in [2.24, 2.45) is 0 Å². The largest absolute Gasteiger partial charge is 0.355 e. The van der Waals surface area contributed by atoms with Crippen molar-refractivity contribution in [3.63, 3.8) is 0 Å². The molecule has 1 amide bonds. The van der Waals surface area contributed by atoms with Crippen molar-refractivity contribution in [1.82, 2.24) is 10.2 Å². The third-order valence-electron chi connectivity index (χ3n) is 3.50. The van der Waals surface area contributed by atoms with Gasteiger partial charge in [0.05, 0.1) is 6.54 Å². The molecule has 4 heteroatoms. The van der Waals surface area contributed by atoms with Crippen LogP contribution in [-0.2, 0) is 9.59 Å². The van der Waals surface area contributed by atoms with Gasteiger partial charge in [-0.1, -0.05) is 6.42 Å². The van der Waals surface area contributed by atoms with E-state index in [9.17, 15) is 9.59 Å². The highest BCUT2D eigenvalue weighted by Gasteiger charge is 2.26. The molecule has 1 aliphatic rings. The van der Waals surface area contributed by atoms with Gasteiger partial charge < -0.3 is 5.32 Å². The van der Waals surface area contributed by atoms with Crippen molar-refractivity contribution < 1.29 is 9.59 Å². The van der Waals surface area contributed by atoms with Crippen LogP contribution in [-0.4, -0.2) is 41.8 Å². The first-order valence-electron chi connectivity index (χ1n) is 6.52. The number of rotatable bonds is 5. The molecule has 0 saturated carbocycles. The topological polar surface area (TPSA) is 49.4 Å². The summed E-state index contributed by atoms with van der Waals surface area (Å²) in [4.78, 5) is 24.7. The minimum Gasteiger partial charge on any atom is -0.355 e. The van der Waals surface area contributed by atoms with E-state index in [1.807, 2.05) is 0 Å². The predicted molar refractivity (Wildman–Crippen MR) is 67.8 cm³/mol. The molecule has 0 aromatic heterocycles. The Hall–Kier alpha value is -0.900. The molecule has 0 aromatic rings. The van der Waals surface area contributed by atoms with Crippen molar-refractivity contribution in [3.8, 4) is 0 Å². The average molecular weight is 240 g/mol. The molecular weight excluding hydrogens is 216 g/mol. The molecular formula is C13H24N2O2. The first-order chi connectivity index (χ1) is 8.00. The van der Waals surface area contributed by atoms with Gasteiger partial charge in [0, 0.05) is 25.0 Å². The second-order valence-electron chi connectivity index (χ2n) is 5.10. The zero-order valence-electron chi connectivity index (χ0n) is 11.2. The number of Topliss-reactive ketones (excluding diaryl/α,β-unsaturated/α-hetero) is 1. The lowest BCUT2D eigenvalue weighted by Crippen LogP contribution is -2.48. The van der Waals surface area contributed by atoms with Crippen LogP contribution in [0.3, 0.4) is 0 Å². The van der Waals surface area contributed by atoms with Gasteiger partial charge in [0.1, 0.15) is 5.78 Å². The second-order valence-corrected chi connectivity index (χ2v) is 5.10. The molecule has 2 atom stereocenters. The Kier molecular flexibility index (Phi) is 5.62. The number of hydrogen-bond acceptors (Lipinski definition) is 3. The van der Waals surface area contributed by atoms with E-state index >= 15 is 0 Å². The summed E-state index contributed by atoms with van der Waals surface area (Å²) in [6.07, 6.45) is 4.03. The standard InChI is InChI=1S/C13H24N2O2/c1-10-5-4-6-11(2)15(10)9-13(17)14-8-7-12(3)16/h10-11H,4-9H2,1-3H3,(H,14,17). The summed E-state index contributed by atoms with van der Waals surface area (Å²) in [5.74, 6) is 0.150. The summed E-state index contributed by atoms with van der Waals surface area (Å²) in [5.41, 5.74) is 0. The van der Waals surface area contributed by atoms with Gasteiger partial charge in [0.2, 0.25) is 5.91 Å². The number of amides is 1. The normalized spacial score (nSPS) is 25.6. The number of nitrogens with zero attached hydrogens (tertiary/aromatic N) is 1. The van der Waals surface area contributed by atoms with Gasteiger partial charge in [-0.25, -0.2) is 0 Å². The molecule has 1 fully saturated rings. The van der Waals surface area contributed by atoms with Gasteiger partial charge in [-0.05, 0) is 33.6 Å². The maximum Gasteiger partial charge on any atom is 0.234 e. The number of hydrogen-bond donors (Lipinski definition) is 1. The van der Waals surface area contributed by atoms with E-state index in [2.05, 4.69) is 24.1 Å². The first kappa shape index (κ1) is 14.2. The van der Waals surface area contributed by atoms with Crippen molar-refractivity contribution in [3.05, 3.63) is 0 Å². The molecule has 1 heterocycles. The molecule has 17 heavy (non-hydrogen) atoms. The molecule has 1 N–H and O–H groups in total. The number of nitrogens with one attached hydrogen (secondary N) is 1. The van der Waals surface area contributed by atoms with Crippen molar-refractivity contribution in [1.29, 1.82) is 0 Å². The average Bonchev–Trinajstić information content (AvgIpc) is 2.23.